The van der Waals surface area contributed by atoms with Crippen LogP contribution in [0.5, 0.6) is 0 Å². The Hall–Kier alpha value is -2.81. The van der Waals surface area contributed by atoms with Gasteiger partial charge in [0.15, 0.2) is 0 Å². The summed E-state index contributed by atoms with van der Waals surface area (Å²) in [6.07, 6.45) is -3.52. The Bertz CT molecular complexity index is 769. The first-order chi connectivity index (χ1) is 10.8. The second kappa shape index (κ2) is 6.53. The van der Waals surface area contributed by atoms with Gasteiger partial charge in [0.1, 0.15) is 0 Å². The van der Waals surface area contributed by atoms with E-state index in [0.29, 0.717) is 0 Å². The minimum Gasteiger partial charge on any atom is -0.298 e. The fraction of sp³-hybridized carbons (Fsp3) is 0. The third-order valence-corrected chi connectivity index (χ3v) is 4.60. The number of rotatable bonds is 4. The highest BCUT2D eigenvalue weighted by molar-refractivity contribution is 7.91. The molecule has 2 aromatic carbocycles. The molecule has 0 aliphatic rings. The van der Waals surface area contributed by atoms with Crippen molar-refractivity contribution in [3.05, 3.63) is 48.5 Å². The van der Waals surface area contributed by atoms with Crippen LogP contribution in [-0.4, -0.2) is 20.7 Å². The lowest BCUT2D eigenvalue weighted by Crippen LogP contribution is -2.05. The Morgan fingerprint density at radius 3 is 1.26 bits per heavy atom. The SMILES string of the molecule is O=C(F)Nc1ccc(S(=O)(=O)c2ccc(NC(=O)F)cc2)cc1. The highest BCUT2D eigenvalue weighted by Gasteiger charge is 2.17. The molecule has 0 unspecified atom stereocenters. The zero-order valence-corrected chi connectivity index (χ0v) is 12.2. The van der Waals surface area contributed by atoms with Gasteiger partial charge in [-0.15, -0.1) is 8.78 Å². The van der Waals surface area contributed by atoms with E-state index in [4.69, 9.17) is 0 Å². The lowest BCUT2D eigenvalue weighted by molar-refractivity contribution is 0.233. The van der Waals surface area contributed by atoms with Gasteiger partial charge in [-0.05, 0) is 48.5 Å². The molecule has 0 radical (unpaired) electrons. The Labute approximate surface area is 130 Å². The van der Waals surface area contributed by atoms with E-state index in [1.165, 1.54) is 48.5 Å². The third kappa shape index (κ3) is 4.10. The zero-order chi connectivity index (χ0) is 17.0. The van der Waals surface area contributed by atoms with Crippen molar-refractivity contribution < 1.29 is 26.8 Å². The van der Waals surface area contributed by atoms with E-state index < -0.39 is 22.2 Å². The van der Waals surface area contributed by atoms with E-state index in [1.54, 1.807) is 0 Å². The van der Waals surface area contributed by atoms with Crippen LogP contribution in [0, 0.1) is 0 Å². The first-order valence-electron chi connectivity index (χ1n) is 6.17. The minimum atomic E-state index is -3.84. The number of carbonyl (C=O) groups is 2. The number of halogens is 2. The predicted molar refractivity (Wildman–Crippen MR) is 78.6 cm³/mol. The summed E-state index contributed by atoms with van der Waals surface area (Å²) in [4.78, 5) is 20.4. The molecule has 0 aromatic heterocycles. The summed E-state index contributed by atoms with van der Waals surface area (Å²) in [7, 11) is -3.84. The van der Waals surface area contributed by atoms with Gasteiger partial charge in [-0.2, -0.15) is 0 Å². The quantitative estimate of drug-likeness (QED) is 0.658. The van der Waals surface area contributed by atoms with Crippen molar-refractivity contribution in [2.45, 2.75) is 9.79 Å². The number of sulfone groups is 1. The summed E-state index contributed by atoms with van der Waals surface area (Å²) in [5.41, 5.74) is 0.218. The van der Waals surface area contributed by atoms with Crippen LogP contribution in [0.2, 0.25) is 0 Å². The molecule has 9 heteroatoms. The van der Waals surface area contributed by atoms with Gasteiger partial charge in [0.25, 0.3) is 0 Å². The smallest absolute Gasteiger partial charge is 0.298 e. The molecule has 0 bridgehead atoms. The van der Waals surface area contributed by atoms with Gasteiger partial charge in [-0.3, -0.25) is 10.6 Å². The molecule has 0 spiro atoms. The van der Waals surface area contributed by atoms with Gasteiger partial charge >= 0.3 is 12.3 Å². The maximum atomic E-state index is 12.4. The minimum absolute atomic E-state index is 0.0726. The van der Waals surface area contributed by atoms with Crippen LogP contribution in [0.4, 0.5) is 29.7 Å². The van der Waals surface area contributed by atoms with E-state index in [-0.39, 0.29) is 21.2 Å². The van der Waals surface area contributed by atoms with Crippen LogP contribution in [0.15, 0.2) is 58.3 Å². The molecule has 0 aliphatic heterocycles. The van der Waals surface area contributed by atoms with Crippen molar-refractivity contribution >= 4 is 33.5 Å². The average molecular weight is 340 g/mol. The predicted octanol–water partition coefficient (Wildman–Crippen LogP) is 3.52. The van der Waals surface area contributed by atoms with Crippen molar-refractivity contribution in [3.63, 3.8) is 0 Å². The summed E-state index contributed by atoms with van der Waals surface area (Å²) in [6.45, 7) is 0. The number of benzene rings is 2. The number of hydrogen-bond acceptors (Lipinski definition) is 4. The first-order valence-corrected chi connectivity index (χ1v) is 7.65. The Morgan fingerprint density at radius 2 is 1.00 bits per heavy atom. The van der Waals surface area contributed by atoms with Crippen molar-refractivity contribution in [2.24, 2.45) is 0 Å². The second-order valence-corrected chi connectivity index (χ2v) is 6.30. The largest absolute Gasteiger partial charge is 0.401 e. The zero-order valence-electron chi connectivity index (χ0n) is 11.4. The number of carbonyl (C=O) groups excluding carboxylic acids is 2. The van der Waals surface area contributed by atoms with Crippen LogP contribution < -0.4 is 10.6 Å². The van der Waals surface area contributed by atoms with Gasteiger partial charge in [0.2, 0.25) is 9.84 Å². The molecular weight excluding hydrogens is 330 g/mol. The van der Waals surface area contributed by atoms with E-state index in [1.807, 2.05) is 10.6 Å². The van der Waals surface area contributed by atoms with E-state index in [2.05, 4.69) is 0 Å². The number of nitrogens with one attached hydrogen (secondary N) is 2. The summed E-state index contributed by atoms with van der Waals surface area (Å²) in [6, 6.07) is 9.78. The molecule has 6 nitrogen and oxygen atoms in total. The van der Waals surface area contributed by atoms with Crippen LogP contribution in [-0.2, 0) is 9.84 Å². The van der Waals surface area contributed by atoms with Gasteiger partial charge in [0, 0.05) is 11.4 Å². The fourth-order valence-corrected chi connectivity index (χ4v) is 3.06. The highest BCUT2D eigenvalue weighted by Crippen LogP contribution is 2.23. The van der Waals surface area contributed by atoms with E-state index >= 15 is 0 Å². The second-order valence-electron chi connectivity index (χ2n) is 4.35. The monoisotopic (exact) mass is 340 g/mol. The molecule has 2 amide bonds. The average Bonchev–Trinajstić information content (AvgIpc) is 2.47. The normalized spacial score (nSPS) is 10.9. The molecule has 0 saturated heterocycles. The van der Waals surface area contributed by atoms with Crippen molar-refractivity contribution in [1.82, 2.24) is 0 Å². The number of amides is 2. The highest BCUT2D eigenvalue weighted by atomic mass is 32.2. The number of hydrogen-bond donors (Lipinski definition) is 2. The lowest BCUT2D eigenvalue weighted by atomic mass is 10.3. The maximum Gasteiger partial charge on any atom is 0.401 e. The Kier molecular flexibility index (Phi) is 4.70. The Balaban J connectivity index is 2.27. The summed E-state index contributed by atoms with van der Waals surface area (Å²) in [5.74, 6) is 0. The molecule has 2 rings (SSSR count). The third-order valence-electron chi connectivity index (χ3n) is 2.81. The van der Waals surface area contributed by atoms with Crippen LogP contribution in [0.1, 0.15) is 0 Å². The summed E-state index contributed by atoms with van der Waals surface area (Å²) < 4.78 is 49.1. The van der Waals surface area contributed by atoms with Crippen LogP contribution in [0.25, 0.3) is 0 Å². The van der Waals surface area contributed by atoms with Crippen molar-refractivity contribution in [1.29, 1.82) is 0 Å². The van der Waals surface area contributed by atoms with Crippen LogP contribution >= 0.6 is 0 Å². The summed E-state index contributed by atoms with van der Waals surface area (Å²) >= 11 is 0. The lowest BCUT2D eigenvalue weighted by Gasteiger charge is -2.07. The fourth-order valence-electron chi connectivity index (χ4n) is 1.80. The van der Waals surface area contributed by atoms with Gasteiger partial charge in [0.05, 0.1) is 9.79 Å². The maximum absolute atomic E-state index is 12.4. The molecule has 0 saturated carbocycles. The van der Waals surface area contributed by atoms with Gasteiger partial charge in [-0.25, -0.2) is 18.0 Å². The first kappa shape index (κ1) is 16.6. The van der Waals surface area contributed by atoms with E-state index in [9.17, 15) is 26.8 Å². The summed E-state index contributed by atoms with van der Waals surface area (Å²) in [5, 5.41) is 3.75. The van der Waals surface area contributed by atoms with Crippen LogP contribution in [0.3, 0.4) is 0 Å². The molecule has 0 aliphatic carbocycles. The molecule has 120 valence electrons. The molecule has 0 heterocycles. The topological polar surface area (TPSA) is 92.3 Å². The number of anilines is 2. The Morgan fingerprint density at radius 1 is 0.696 bits per heavy atom. The van der Waals surface area contributed by atoms with Crippen molar-refractivity contribution in [3.8, 4) is 0 Å². The molecule has 2 aromatic rings. The van der Waals surface area contributed by atoms with E-state index in [0.717, 1.165) is 0 Å². The molecular formula is C14H10F2N2O4S. The molecule has 2 N–H and O–H groups in total. The molecule has 0 fully saturated rings. The standard InChI is InChI=1S/C14H10F2N2O4S/c15-13(19)17-9-1-5-11(6-2-9)23(21,22)12-7-3-10(4-8-12)18-14(16)20/h1-8H,(H,17,19)(H,18,20). The molecule has 23 heavy (non-hydrogen) atoms. The van der Waals surface area contributed by atoms with Crippen molar-refractivity contribution in [2.75, 3.05) is 10.6 Å². The van der Waals surface area contributed by atoms with Gasteiger partial charge < -0.3 is 0 Å². The van der Waals surface area contributed by atoms with Gasteiger partial charge in [-0.1, -0.05) is 0 Å². The molecule has 0 atom stereocenters.